The minimum atomic E-state index is -0.419. The Labute approximate surface area is 164 Å². The number of nitrogens with zero attached hydrogens (tertiary/aromatic N) is 2. The van der Waals surface area contributed by atoms with Crippen molar-refractivity contribution < 1.29 is 19.1 Å². The smallest absolute Gasteiger partial charge is 0.325 e. The van der Waals surface area contributed by atoms with Crippen molar-refractivity contribution in [3.8, 4) is 5.75 Å². The molecule has 27 heavy (non-hydrogen) atoms. The number of benzene rings is 2. The highest BCUT2D eigenvalue weighted by atomic mass is 35.5. The van der Waals surface area contributed by atoms with Crippen LogP contribution in [0.5, 0.6) is 5.75 Å². The Bertz CT molecular complexity index is 1050. The molecule has 0 atom stereocenters. The van der Waals surface area contributed by atoms with E-state index in [0.29, 0.717) is 15.6 Å². The molecule has 0 aliphatic carbocycles. The Balaban J connectivity index is 2.00. The zero-order chi connectivity index (χ0) is 19.4. The van der Waals surface area contributed by atoms with E-state index in [0.717, 1.165) is 15.8 Å². The van der Waals surface area contributed by atoms with Gasteiger partial charge in [-0.3, -0.25) is 9.59 Å². The summed E-state index contributed by atoms with van der Waals surface area (Å²) in [5.41, 5.74) is 1.60. The van der Waals surface area contributed by atoms with Gasteiger partial charge in [-0.25, -0.2) is 0 Å². The molecule has 1 heterocycles. The second-order valence-electron chi connectivity index (χ2n) is 5.69. The van der Waals surface area contributed by atoms with Crippen LogP contribution in [0.3, 0.4) is 0 Å². The average molecular weight is 405 g/mol. The molecule has 6 nitrogen and oxygen atoms in total. The molecule has 0 fully saturated rings. The molecular formula is C19H17ClN2O4S. The third-order valence-electron chi connectivity index (χ3n) is 3.89. The molecule has 1 aromatic heterocycles. The largest absolute Gasteiger partial charge is 0.497 e. The standard InChI is InChI=1S/C19H17ClN2O4S/c1-25-14-7-8-15-16(10-14)27-19(22(15)11-18(24)26-2)21-17(23)9-12-3-5-13(20)6-4-12/h3-8,10H,9,11H2,1-2H3. The molecule has 0 saturated carbocycles. The zero-order valence-electron chi connectivity index (χ0n) is 14.8. The Morgan fingerprint density at radius 1 is 1.15 bits per heavy atom. The number of esters is 1. The first-order valence-corrected chi connectivity index (χ1v) is 9.26. The zero-order valence-corrected chi connectivity index (χ0v) is 16.3. The van der Waals surface area contributed by atoms with Crippen molar-refractivity contribution in [2.75, 3.05) is 14.2 Å². The van der Waals surface area contributed by atoms with Crippen LogP contribution in [-0.4, -0.2) is 30.7 Å². The van der Waals surface area contributed by atoms with Crippen LogP contribution in [0.4, 0.5) is 0 Å². The number of halogens is 1. The van der Waals surface area contributed by atoms with Crippen molar-refractivity contribution in [3.05, 3.63) is 57.9 Å². The van der Waals surface area contributed by atoms with Gasteiger partial charge in [0.05, 0.1) is 30.9 Å². The molecule has 0 N–H and O–H groups in total. The van der Waals surface area contributed by atoms with E-state index in [1.165, 1.54) is 18.4 Å². The highest BCUT2D eigenvalue weighted by Gasteiger charge is 2.13. The molecule has 0 unspecified atom stereocenters. The predicted octanol–water partition coefficient (Wildman–Crippen LogP) is 3.21. The molecule has 8 heteroatoms. The number of aromatic nitrogens is 1. The molecule has 2 aromatic carbocycles. The maximum absolute atomic E-state index is 12.4. The normalized spacial score (nSPS) is 11.6. The Morgan fingerprint density at radius 3 is 2.56 bits per heavy atom. The van der Waals surface area contributed by atoms with Gasteiger partial charge in [-0.15, -0.1) is 0 Å². The SMILES string of the molecule is COC(=O)Cn1c(=NC(=O)Cc2ccc(Cl)cc2)sc2cc(OC)ccc21. The maximum Gasteiger partial charge on any atom is 0.325 e. The van der Waals surface area contributed by atoms with Crippen LogP contribution in [-0.2, 0) is 27.3 Å². The van der Waals surface area contributed by atoms with Crippen LogP contribution in [0.25, 0.3) is 10.2 Å². The number of hydrogen-bond acceptors (Lipinski definition) is 5. The molecule has 3 rings (SSSR count). The lowest BCUT2D eigenvalue weighted by Gasteiger charge is -2.04. The second-order valence-corrected chi connectivity index (χ2v) is 7.13. The predicted molar refractivity (Wildman–Crippen MR) is 104 cm³/mol. The fourth-order valence-corrected chi connectivity index (χ4v) is 3.74. The molecule has 0 radical (unpaired) electrons. The molecule has 1 amide bonds. The lowest BCUT2D eigenvalue weighted by molar-refractivity contribution is -0.141. The number of rotatable bonds is 5. The fraction of sp³-hybridized carbons (Fsp3) is 0.211. The van der Waals surface area contributed by atoms with E-state index in [-0.39, 0.29) is 18.9 Å². The van der Waals surface area contributed by atoms with Crippen molar-refractivity contribution in [2.45, 2.75) is 13.0 Å². The average Bonchev–Trinajstić information content (AvgIpc) is 2.99. The van der Waals surface area contributed by atoms with Crippen LogP contribution < -0.4 is 9.54 Å². The van der Waals surface area contributed by atoms with Crippen LogP contribution in [0.15, 0.2) is 47.5 Å². The van der Waals surface area contributed by atoms with Crippen LogP contribution >= 0.6 is 22.9 Å². The van der Waals surface area contributed by atoms with Gasteiger partial charge in [-0.2, -0.15) is 4.99 Å². The Hall–Kier alpha value is -2.64. The monoisotopic (exact) mass is 404 g/mol. The summed E-state index contributed by atoms with van der Waals surface area (Å²) >= 11 is 7.18. The number of fused-ring (bicyclic) bond motifs is 1. The van der Waals surface area contributed by atoms with E-state index in [1.807, 2.05) is 12.1 Å². The lowest BCUT2D eigenvalue weighted by Crippen LogP contribution is -2.22. The molecule has 3 aromatic rings. The number of carbonyl (C=O) groups is 2. The van der Waals surface area contributed by atoms with Crippen molar-refractivity contribution in [2.24, 2.45) is 4.99 Å². The summed E-state index contributed by atoms with van der Waals surface area (Å²) in [5, 5.41) is 0.609. The highest BCUT2D eigenvalue weighted by molar-refractivity contribution is 7.16. The van der Waals surface area contributed by atoms with Gasteiger partial charge in [0.1, 0.15) is 12.3 Å². The van der Waals surface area contributed by atoms with E-state index < -0.39 is 5.97 Å². The number of hydrogen-bond donors (Lipinski definition) is 0. The van der Waals surface area contributed by atoms with Crippen molar-refractivity contribution in [1.82, 2.24) is 4.57 Å². The molecule has 0 aliphatic rings. The van der Waals surface area contributed by atoms with Gasteiger partial charge in [0, 0.05) is 5.02 Å². The lowest BCUT2D eigenvalue weighted by atomic mass is 10.1. The first-order chi connectivity index (χ1) is 13.0. The summed E-state index contributed by atoms with van der Waals surface area (Å²) in [6.45, 7) is -0.0319. The Kier molecular flexibility index (Phi) is 5.93. The van der Waals surface area contributed by atoms with Gasteiger partial charge in [0.2, 0.25) is 0 Å². The van der Waals surface area contributed by atoms with Gasteiger partial charge < -0.3 is 14.0 Å². The van der Waals surface area contributed by atoms with E-state index in [1.54, 1.807) is 42.0 Å². The van der Waals surface area contributed by atoms with Crippen LogP contribution in [0, 0.1) is 0 Å². The number of carbonyl (C=O) groups excluding carboxylic acids is 2. The first kappa shape index (κ1) is 19.1. The van der Waals surface area contributed by atoms with Crippen molar-refractivity contribution in [3.63, 3.8) is 0 Å². The van der Waals surface area contributed by atoms with Gasteiger partial charge in [0.15, 0.2) is 4.80 Å². The minimum absolute atomic E-state index is 0.0319. The van der Waals surface area contributed by atoms with Crippen LogP contribution in [0.2, 0.25) is 5.02 Å². The number of ether oxygens (including phenoxy) is 2. The third-order valence-corrected chi connectivity index (χ3v) is 5.19. The van der Waals surface area contributed by atoms with Gasteiger partial charge in [0.25, 0.3) is 5.91 Å². The summed E-state index contributed by atoms with van der Waals surface area (Å²) in [5.74, 6) is -0.0420. The molecular weight excluding hydrogens is 388 g/mol. The highest BCUT2D eigenvalue weighted by Crippen LogP contribution is 2.23. The summed E-state index contributed by atoms with van der Waals surface area (Å²) in [7, 11) is 2.90. The number of thiazole rings is 1. The van der Waals surface area contributed by atoms with Crippen molar-refractivity contribution in [1.29, 1.82) is 0 Å². The summed E-state index contributed by atoms with van der Waals surface area (Å²) in [4.78, 5) is 28.9. The van der Waals surface area contributed by atoms with E-state index >= 15 is 0 Å². The van der Waals surface area contributed by atoms with Gasteiger partial charge in [-0.05, 0) is 35.9 Å². The van der Waals surface area contributed by atoms with Gasteiger partial charge in [-0.1, -0.05) is 35.1 Å². The summed E-state index contributed by atoms with van der Waals surface area (Å²) < 4.78 is 12.5. The fourth-order valence-electron chi connectivity index (χ4n) is 2.54. The minimum Gasteiger partial charge on any atom is -0.497 e. The summed E-state index contributed by atoms with van der Waals surface area (Å²) in [6, 6.07) is 12.5. The van der Waals surface area contributed by atoms with E-state index in [4.69, 9.17) is 21.1 Å². The van der Waals surface area contributed by atoms with Crippen molar-refractivity contribution >= 4 is 45.0 Å². The first-order valence-electron chi connectivity index (χ1n) is 8.06. The molecule has 0 aliphatic heterocycles. The van der Waals surface area contributed by atoms with Crippen LogP contribution in [0.1, 0.15) is 5.56 Å². The van der Waals surface area contributed by atoms with E-state index in [2.05, 4.69) is 4.99 Å². The molecule has 140 valence electrons. The topological polar surface area (TPSA) is 69.9 Å². The number of methoxy groups -OCH3 is 2. The van der Waals surface area contributed by atoms with Gasteiger partial charge >= 0.3 is 5.97 Å². The molecule has 0 saturated heterocycles. The second kappa shape index (κ2) is 8.37. The maximum atomic E-state index is 12.4. The molecule has 0 bridgehead atoms. The third kappa shape index (κ3) is 4.56. The Morgan fingerprint density at radius 2 is 1.89 bits per heavy atom. The molecule has 0 spiro atoms. The summed E-state index contributed by atoms with van der Waals surface area (Å²) in [6.07, 6.45) is 0.146. The van der Waals surface area contributed by atoms with E-state index in [9.17, 15) is 9.59 Å². The quantitative estimate of drug-likeness (QED) is 0.612. The number of amides is 1.